The minimum absolute atomic E-state index is 0.458. The van der Waals surface area contributed by atoms with Crippen LogP contribution in [-0.4, -0.2) is 30.6 Å². The van der Waals surface area contributed by atoms with E-state index >= 15 is 0 Å². The number of hydrogen-bond donors (Lipinski definition) is 1. The largest absolute Gasteiger partial charge is 0.330 e. The molecule has 0 bridgehead atoms. The number of hydrogen-bond acceptors (Lipinski definition) is 2. The Morgan fingerprint density at radius 1 is 1.19 bits per heavy atom. The van der Waals surface area contributed by atoms with E-state index in [9.17, 15) is 0 Å². The third-order valence-electron chi connectivity index (χ3n) is 4.98. The van der Waals surface area contributed by atoms with E-state index in [1.165, 1.54) is 51.6 Å². The van der Waals surface area contributed by atoms with E-state index in [0.717, 1.165) is 12.6 Å². The van der Waals surface area contributed by atoms with E-state index in [4.69, 9.17) is 5.73 Å². The summed E-state index contributed by atoms with van der Waals surface area (Å²) in [5, 5.41) is 0. The van der Waals surface area contributed by atoms with Gasteiger partial charge in [-0.05, 0) is 43.7 Å². The molecule has 0 amide bonds. The summed E-state index contributed by atoms with van der Waals surface area (Å²) < 4.78 is 0. The maximum absolute atomic E-state index is 5.94. The zero-order valence-electron chi connectivity index (χ0n) is 11.0. The highest BCUT2D eigenvalue weighted by Crippen LogP contribution is 2.37. The van der Waals surface area contributed by atoms with Crippen molar-refractivity contribution in [3.8, 4) is 0 Å². The Kier molecular flexibility index (Phi) is 3.91. The number of nitrogens with two attached hydrogens (primary N) is 1. The van der Waals surface area contributed by atoms with Crippen LogP contribution in [0.3, 0.4) is 0 Å². The lowest BCUT2D eigenvalue weighted by molar-refractivity contribution is 0.0271. The van der Waals surface area contributed by atoms with Crippen LogP contribution in [0.1, 0.15) is 52.4 Å². The first-order valence-electron chi connectivity index (χ1n) is 7.07. The van der Waals surface area contributed by atoms with E-state index in [1.807, 2.05) is 0 Å². The van der Waals surface area contributed by atoms with Crippen LogP contribution in [-0.2, 0) is 0 Å². The topological polar surface area (TPSA) is 29.3 Å². The van der Waals surface area contributed by atoms with Crippen molar-refractivity contribution < 1.29 is 0 Å². The molecule has 0 aromatic carbocycles. The molecular weight excluding hydrogens is 196 g/mol. The van der Waals surface area contributed by atoms with Crippen LogP contribution >= 0.6 is 0 Å². The molecule has 0 aromatic heterocycles. The average Bonchev–Trinajstić information content (AvgIpc) is 2.30. The Bertz CT molecular complexity index is 219. The summed E-state index contributed by atoms with van der Waals surface area (Å²) in [4.78, 5) is 2.74. The number of nitrogens with zero attached hydrogens (tertiary/aromatic N) is 1. The molecule has 1 aliphatic carbocycles. The van der Waals surface area contributed by atoms with Gasteiger partial charge in [0.15, 0.2) is 0 Å². The molecule has 0 radical (unpaired) electrons. The summed E-state index contributed by atoms with van der Waals surface area (Å²) in [7, 11) is 0. The van der Waals surface area contributed by atoms with Gasteiger partial charge in [0.05, 0.1) is 0 Å². The Morgan fingerprint density at radius 3 is 2.50 bits per heavy atom. The first-order chi connectivity index (χ1) is 7.63. The summed E-state index contributed by atoms with van der Waals surface area (Å²) in [5.74, 6) is 0.697. The van der Waals surface area contributed by atoms with Crippen molar-refractivity contribution in [1.82, 2.24) is 4.90 Å². The van der Waals surface area contributed by atoms with Gasteiger partial charge in [0.1, 0.15) is 0 Å². The second-order valence-electron chi connectivity index (χ2n) is 6.46. The quantitative estimate of drug-likeness (QED) is 0.781. The fourth-order valence-electron chi connectivity index (χ4n) is 3.43. The third kappa shape index (κ3) is 2.60. The highest BCUT2D eigenvalue weighted by Gasteiger charge is 2.36. The van der Waals surface area contributed by atoms with E-state index in [0.29, 0.717) is 11.3 Å². The van der Waals surface area contributed by atoms with Gasteiger partial charge < -0.3 is 10.6 Å². The van der Waals surface area contributed by atoms with Crippen molar-refractivity contribution >= 4 is 0 Å². The Labute approximate surface area is 101 Å². The normalized spacial score (nSPS) is 32.8. The van der Waals surface area contributed by atoms with Gasteiger partial charge in [-0.25, -0.2) is 0 Å². The molecule has 0 aromatic rings. The predicted molar refractivity (Wildman–Crippen MR) is 69.4 cm³/mol. The van der Waals surface area contributed by atoms with E-state index < -0.39 is 0 Å². The van der Waals surface area contributed by atoms with E-state index in [-0.39, 0.29) is 0 Å². The second-order valence-corrected chi connectivity index (χ2v) is 6.46. The zero-order valence-corrected chi connectivity index (χ0v) is 11.0. The Morgan fingerprint density at radius 2 is 1.88 bits per heavy atom. The van der Waals surface area contributed by atoms with Crippen molar-refractivity contribution in [2.75, 3.05) is 19.6 Å². The molecule has 1 aliphatic heterocycles. The van der Waals surface area contributed by atoms with Crippen LogP contribution in [0.25, 0.3) is 0 Å². The molecule has 16 heavy (non-hydrogen) atoms. The van der Waals surface area contributed by atoms with Crippen molar-refractivity contribution in [2.45, 2.75) is 58.4 Å². The molecule has 1 saturated carbocycles. The van der Waals surface area contributed by atoms with Gasteiger partial charge in [-0.15, -0.1) is 0 Å². The summed E-state index contributed by atoms with van der Waals surface area (Å²) in [6.07, 6.45) is 8.52. The maximum atomic E-state index is 5.94. The number of likely N-dealkylation sites (tertiary alicyclic amines) is 1. The summed E-state index contributed by atoms with van der Waals surface area (Å²) in [6.45, 7) is 8.18. The standard InChI is InChI=1S/C14H28N2/c1-14(2)8-9-16(11-12(14)10-15)13-6-4-3-5-7-13/h12-13H,3-11,15H2,1-2H3. The van der Waals surface area contributed by atoms with Crippen molar-refractivity contribution in [2.24, 2.45) is 17.1 Å². The van der Waals surface area contributed by atoms with Crippen molar-refractivity contribution in [1.29, 1.82) is 0 Å². The Hall–Kier alpha value is -0.0800. The molecule has 94 valence electrons. The molecule has 1 saturated heterocycles. The molecular formula is C14H28N2. The lowest BCUT2D eigenvalue weighted by atomic mass is 9.72. The van der Waals surface area contributed by atoms with Crippen molar-refractivity contribution in [3.05, 3.63) is 0 Å². The molecule has 2 nitrogen and oxygen atoms in total. The van der Waals surface area contributed by atoms with Gasteiger partial charge >= 0.3 is 0 Å². The smallest absolute Gasteiger partial charge is 0.00953 e. The van der Waals surface area contributed by atoms with Gasteiger partial charge in [0, 0.05) is 12.6 Å². The lowest BCUT2D eigenvalue weighted by Gasteiger charge is -2.47. The van der Waals surface area contributed by atoms with Gasteiger partial charge in [0.25, 0.3) is 0 Å². The van der Waals surface area contributed by atoms with Crippen LogP contribution in [0, 0.1) is 11.3 Å². The molecule has 2 rings (SSSR count). The summed E-state index contributed by atoms with van der Waals surface area (Å²) >= 11 is 0. The number of rotatable bonds is 2. The minimum atomic E-state index is 0.458. The fourth-order valence-corrected chi connectivity index (χ4v) is 3.43. The third-order valence-corrected chi connectivity index (χ3v) is 4.98. The summed E-state index contributed by atoms with van der Waals surface area (Å²) in [5.41, 5.74) is 6.40. The SMILES string of the molecule is CC1(C)CCN(C2CCCCC2)CC1CN. The first-order valence-corrected chi connectivity index (χ1v) is 7.07. The minimum Gasteiger partial charge on any atom is -0.330 e. The van der Waals surface area contributed by atoms with Crippen LogP contribution in [0.5, 0.6) is 0 Å². The molecule has 1 atom stereocenters. The van der Waals surface area contributed by atoms with E-state index in [2.05, 4.69) is 18.7 Å². The van der Waals surface area contributed by atoms with Gasteiger partial charge in [-0.3, -0.25) is 0 Å². The molecule has 2 aliphatic rings. The highest BCUT2D eigenvalue weighted by molar-refractivity contribution is 4.90. The zero-order chi connectivity index (χ0) is 11.6. The molecule has 2 fully saturated rings. The second kappa shape index (κ2) is 5.05. The van der Waals surface area contributed by atoms with E-state index in [1.54, 1.807) is 0 Å². The molecule has 2 N–H and O–H groups in total. The van der Waals surface area contributed by atoms with Crippen LogP contribution in [0.2, 0.25) is 0 Å². The maximum Gasteiger partial charge on any atom is 0.00953 e. The molecule has 1 unspecified atom stereocenters. The Balaban J connectivity index is 1.93. The molecule has 2 heteroatoms. The van der Waals surface area contributed by atoms with Gasteiger partial charge in [0.2, 0.25) is 0 Å². The van der Waals surface area contributed by atoms with Crippen LogP contribution < -0.4 is 5.73 Å². The average molecular weight is 224 g/mol. The first kappa shape index (κ1) is 12.4. The van der Waals surface area contributed by atoms with Crippen LogP contribution in [0.15, 0.2) is 0 Å². The molecule has 0 spiro atoms. The van der Waals surface area contributed by atoms with Crippen molar-refractivity contribution in [3.63, 3.8) is 0 Å². The van der Waals surface area contributed by atoms with Gasteiger partial charge in [-0.1, -0.05) is 33.1 Å². The van der Waals surface area contributed by atoms with Gasteiger partial charge in [-0.2, -0.15) is 0 Å². The number of piperidine rings is 1. The van der Waals surface area contributed by atoms with Crippen LogP contribution in [0.4, 0.5) is 0 Å². The summed E-state index contributed by atoms with van der Waals surface area (Å²) in [6, 6.07) is 0.874. The lowest BCUT2D eigenvalue weighted by Crippen LogP contribution is -2.51. The predicted octanol–water partition coefficient (Wildman–Crippen LogP) is 2.63. The highest BCUT2D eigenvalue weighted by atomic mass is 15.2. The monoisotopic (exact) mass is 224 g/mol. The fraction of sp³-hybridized carbons (Fsp3) is 1.00. The molecule has 1 heterocycles.